The van der Waals surface area contributed by atoms with Gasteiger partial charge in [0, 0.05) is 6.07 Å². The molecular weight excluding hydrogens is 236 g/mol. The molecule has 0 aliphatic rings. The van der Waals surface area contributed by atoms with Crippen molar-refractivity contribution in [1.29, 1.82) is 0 Å². The Balaban J connectivity index is 2.36. The van der Waals surface area contributed by atoms with Crippen LogP contribution >= 0.6 is 0 Å². The molecule has 0 bridgehead atoms. The summed E-state index contributed by atoms with van der Waals surface area (Å²) in [4.78, 5) is 0. The second kappa shape index (κ2) is 7.88. The van der Waals surface area contributed by atoms with Gasteiger partial charge in [0.15, 0.2) is 0 Å². The molecule has 0 saturated carbocycles. The molecule has 2 heteroatoms. The SMILES string of the molecule is CC(C)CCCC(C)C/C=C/c1cc(O)cc(O)c1. The summed E-state index contributed by atoms with van der Waals surface area (Å²) in [5, 5.41) is 18.8. The van der Waals surface area contributed by atoms with Crippen LogP contribution in [0.25, 0.3) is 6.08 Å². The van der Waals surface area contributed by atoms with Gasteiger partial charge in [0.2, 0.25) is 0 Å². The zero-order valence-electron chi connectivity index (χ0n) is 12.3. The first-order chi connectivity index (χ1) is 8.97. The van der Waals surface area contributed by atoms with Crippen molar-refractivity contribution in [2.45, 2.75) is 46.5 Å². The number of phenolic OH excluding ortho intramolecular Hbond substituents is 2. The van der Waals surface area contributed by atoms with E-state index in [0.29, 0.717) is 5.92 Å². The summed E-state index contributed by atoms with van der Waals surface area (Å²) in [5.74, 6) is 1.67. The Hall–Kier alpha value is -1.44. The lowest BCUT2D eigenvalue weighted by atomic mass is 9.97. The van der Waals surface area contributed by atoms with Crippen LogP contribution < -0.4 is 0 Å². The van der Waals surface area contributed by atoms with Crippen LogP contribution in [-0.4, -0.2) is 10.2 Å². The van der Waals surface area contributed by atoms with Crippen molar-refractivity contribution in [3.05, 3.63) is 29.8 Å². The van der Waals surface area contributed by atoms with Gasteiger partial charge in [-0.05, 0) is 36.0 Å². The predicted molar refractivity (Wildman–Crippen MR) is 81.3 cm³/mol. The summed E-state index contributed by atoms with van der Waals surface area (Å²) in [6.07, 6.45) is 8.96. The fourth-order valence-corrected chi connectivity index (χ4v) is 2.14. The maximum Gasteiger partial charge on any atom is 0.119 e. The predicted octanol–water partition coefficient (Wildman–Crippen LogP) is 4.96. The number of phenols is 2. The number of benzene rings is 1. The minimum absolute atomic E-state index is 0.102. The van der Waals surface area contributed by atoms with Gasteiger partial charge in [-0.2, -0.15) is 0 Å². The van der Waals surface area contributed by atoms with E-state index in [1.54, 1.807) is 12.1 Å². The lowest BCUT2D eigenvalue weighted by Gasteiger charge is -2.09. The van der Waals surface area contributed by atoms with Crippen LogP contribution in [0.5, 0.6) is 11.5 Å². The van der Waals surface area contributed by atoms with E-state index in [1.807, 2.05) is 6.08 Å². The first kappa shape index (κ1) is 15.6. The van der Waals surface area contributed by atoms with Crippen molar-refractivity contribution in [1.82, 2.24) is 0 Å². The normalized spacial score (nSPS) is 13.3. The van der Waals surface area contributed by atoms with E-state index in [-0.39, 0.29) is 11.5 Å². The van der Waals surface area contributed by atoms with Gasteiger partial charge in [0.1, 0.15) is 11.5 Å². The van der Waals surface area contributed by atoms with E-state index >= 15 is 0 Å². The van der Waals surface area contributed by atoms with E-state index in [0.717, 1.165) is 17.9 Å². The first-order valence-electron chi connectivity index (χ1n) is 7.17. The molecule has 0 fully saturated rings. The van der Waals surface area contributed by atoms with E-state index in [4.69, 9.17) is 0 Å². The highest BCUT2D eigenvalue weighted by molar-refractivity contribution is 5.54. The van der Waals surface area contributed by atoms with Gasteiger partial charge in [-0.15, -0.1) is 0 Å². The van der Waals surface area contributed by atoms with E-state index in [2.05, 4.69) is 26.8 Å². The van der Waals surface area contributed by atoms with E-state index in [9.17, 15) is 10.2 Å². The smallest absolute Gasteiger partial charge is 0.119 e. The second-order valence-electron chi connectivity index (χ2n) is 5.85. The van der Waals surface area contributed by atoms with Gasteiger partial charge in [-0.25, -0.2) is 0 Å². The molecule has 0 radical (unpaired) electrons. The van der Waals surface area contributed by atoms with E-state index in [1.165, 1.54) is 25.3 Å². The minimum atomic E-state index is 0.102. The molecule has 1 unspecified atom stereocenters. The third kappa shape index (κ3) is 6.90. The zero-order valence-corrected chi connectivity index (χ0v) is 12.3. The van der Waals surface area contributed by atoms with Gasteiger partial charge in [-0.1, -0.05) is 52.2 Å². The fourth-order valence-electron chi connectivity index (χ4n) is 2.14. The Bertz CT molecular complexity index is 387. The highest BCUT2D eigenvalue weighted by atomic mass is 16.3. The van der Waals surface area contributed by atoms with Gasteiger partial charge >= 0.3 is 0 Å². The number of hydrogen-bond donors (Lipinski definition) is 2. The highest BCUT2D eigenvalue weighted by Crippen LogP contribution is 2.22. The molecule has 0 aliphatic heterocycles. The molecule has 106 valence electrons. The van der Waals surface area contributed by atoms with Crippen LogP contribution in [0.2, 0.25) is 0 Å². The number of aromatic hydroxyl groups is 2. The maximum atomic E-state index is 9.38. The molecule has 0 saturated heterocycles. The summed E-state index contributed by atoms with van der Waals surface area (Å²) >= 11 is 0. The van der Waals surface area contributed by atoms with Crippen LogP contribution in [-0.2, 0) is 0 Å². The molecule has 1 atom stereocenters. The summed E-state index contributed by atoms with van der Waals surface area (Å²) in [7, 11) is 0. The molecule has 19 heavy (non-hydrogen) atoms. The molecule has 0 spiro atoms. The Morgan fingerprint density at radius 2 is 1.63 bits per heavy atom. The molecule has 0 amide bonds. The Kier molecular flexibility index (Phi) is 6.48. The highest BCUT2D eigenvalue weighted by Gasteiger charge is 2.01. The van der Waals surface area contributed by atoms with Gasteiger partial charge in [0.05, 0.1) is 0 Å². The minimum Gasteiger partial charge on any atom is -0.508 e. The molecule has 0 heterocycles. The molecule has 2 nitrogen and oxygen atoms in total. The van der Waals surface area contributed by atoms with Crippen molar-refractivity contribution >= 4 is 6.08 Å². The summed E-state index contributed by atoms with van der Waals surface area (Å²) in [6.45, 7) is 6.79. The van der Waals surface area contributed by atoms with Gasteiger partial charge < -0.3 is 10.2 Å². The first-order valence-corrected chi connectivity index (χ1v) is 7.17. The summed E-state index contributed by atoms with van der Waals surface area (Å²) < 4.78 is 0. The molecule has 0 aliphatic carbocycles. The third-order valence-corrected chi connectivity index (χ3v) is 3.25. The summed E-state index contributed by atoms with van der Waals surface area (Å²) in [6, 6.07) is 4.64. The molecular formula is C17H26O2. The topological polar surface area (TPSA) is 40.5 Å². The van der Waals surface area contributed by atoms with Crippen LogP contribution in [0.4, 0.5) is 0 Å². The van der Waals surface area contributed by atoms with Crippen LogP contribution in [0.1, 0.15) is 52.0 Å². The molecule has 0 aromatic heterocycles. The Labute approximate surface area is 116 Å². The van der Waals surface area contributed by atoms with Crippen molar-refractivity contribution < 1.29 is 10.2 Å². The Morgan fingerprint density at radius 1 is 1.00 bits per heavy atom. The monoisotopic (exact) mass is 262 g/mol. The van der Waals surface area contributed by atoms with Crippen LogP contribution in [0.15, 0.2) is 24.3 Å². The fraction of sp³-hybridized carbons (Fsp3) is 0.529. The maximum absolute atomic E-state index is 9.38. The lowest BCUT2D eigenvalue weighted by molar-refractivity contribution is 0.450. The lowest BCUT2D eigenvalue weighted by Crippen LogP contribution is -1.95. The average molecular weight is 262 g/mol. The zero-order chi connectivity index (χ0) is 14.3. The molecule has 1 aromatic carbocycles. The number of rotatable bonds is 7. The van der Waals surface area contributed by atoms with Crippen LogP contribution in [0, 0.1) is 11.8 Å². The van der Waals surface area contributed by atoms with Crippen molar-refractivity contribution in [2.75, 3.05) is 0 Å². The average Bonchev–Trinajstić information content (AvgIpc) is 2.27. The van der Waals surface area contributed by atoms with Crippen molar-refractivity contribution in [2.24, 2.45) is 11.8 Å². The second-order valence-corrected chi connectivity index (χ2v) is 5.85. The van der Waals surface area contributed by atoms with Gasteiger partial charge in [0.25, 0.3) is 0 Å². The standard InChI is InChI=1S/C17H26O2/c1-13(2)6-4-7-14(3)8-5-9-15-10-16(18)12-17(19)11-15/h5,9-14,18-19H,4,6-8H2,1-3H3/b9-5+. The van der Waals surface area contributed by atoms with Crippen molar-refractivity contribution in [3.63, 3.8) is 0 Å². The van der Waals surface area contributed by atoms with Crippen LogP contribution in [0.3, 0.4) is 0 Å². The number of hydrogen-bond acceptors (Lipinski definition) is 2. The van der Waals surface area contributed by atoms with Gasteiger partial charge in [-0.3, -0.25) is 0 Å². The number of allylic oxidation sites excluding steroid dienone is 1. The molecule has 1 rings (SSSR count). The third-order valence-electron chi connectivity index (χ3n) is 3.25. The summed E-state index contributed by atoms with van der Waals surface area (Å²) in [5.41, 5.74) is 0.840. The molecule has 2 N–H and O–H groups in total. The van der Waals surface area contributed by atoms with Crippen molar-refractivity contribution in [3.8, 4) is 11.5 Å². The quantitative estimate of drug-likeness (QED) is 0.728. The molecule has 1 aromatic rings. The Morgan fingerprint density at radius 3 is 2.21 bits per heavy atom. The van der Waals surface area contributed by atoms with E-state index < -0.39 is 0 Å². The largest absolute Gasteiger partial charge is 0.508 e.